The second-order valence-electron chi connectivity index (χ2n) is 6.35. The van der Waals surface area contributed by atoms with Crippen molar-refractivity contribution < 1.29 is 9.47 Å². The molecule has 0 atom stereocenters. The van der Waals surface area contributed by atoms with Gasteiger partial charge >= 0.3 is 0 Å². The maximum Gasteiger partial charge on any atom is 0.161 e. The predicted octanol–water partition coefficient (Wildman–Crippen LogP) is 3.45. The van der Waals surface area contributed by atoms with Crippen LogP contribution in [0.5, 0.6) is 11.5 Å². The number of fused-ring (bicyclic) bond motifs is 1. The van der Waals surface area contributed by atoms with E-state index in [1.54, 1.807) is 12.4 Å². The van der Waals surface area contributed by atoms with Crippen molar-refractivity contribution in [3.63, 3.8) is 0 Å². The normalized spacial score (nSPS) is 13.0. The van der Waals surface area contributed by atoms with Gasteiger partial charge in [0, 0.05) is 44.4 Å². The minimum Gasteiger partial charge on any atom is -0.486 e. The van der Waals surface area contributed by atoms with Crippen molar-refractivity contribution in [1.29, 1.82) is 0 Å². The first-order valence-corrected chi connectivity index (χ1v) is 8.75. The van der Waals surface area contributed by atoms with Crippen LogP contribution in [0.25, 0.3) is 0 Å². The molecular formula is C21H21N3O2. The maximum absolute atomic E-state index is 5.72. The molecule has 26 heavy (non-hydrogen) atoms. The summed E-state index contributed by atoms with van der Waals surface area (Å²) in [6, 6.07) is 14.3. The predicted molar refractivity (Wildman–Crippen MR) is 98.9 cm³/mol. The van der Waals surface area contributed by atoms with Gasteiger partial charge in [-0.2, -0.15) is 0 Å². The Morgan fingerprint density at radius 1 is 0.731 bits per heavy atom. The molecule has 5 nitrogen and oxygen atoms in total. The van der Waals surface area contributed by atoms with Crippen LogP contribution in [0.15, 0.2) is 67.3 Å². The number of hydrogen-bond donors (Lipinski definition) is 0. The topological polar surface area (TPSA) is 47.5 Å². The summed E-state index contributed by atoms with van der Waals surface area (Å²) in [4.78, 5) is 10.8. The van der Waals surface area contributed by atoms with E-state index in [-0.39, 0.29) is 0 Å². The summed E-state index contributed by atoms with van der Waals surface area (Å²) in [7, 11) is 0. The molecule has 0 aliphatic carbocycles. The van der Waals surface area contributed by atoms with Gasteiger partial charge in [-0.1, -0.05) is 18.2 Å². The molecule has 0 fully saturated rings. The summed E-state index contributed by atoms with van der Waals surface area (Å²) < 4.78 is 11.3. The van der Waals surface area contributed by atoms with E-state index < -0.39 is 0 Å². The lowest BCUT2D eigenvalue weighted by atomic mass is 10.1. The number of pyridine rings is 2. The van der Waals surface area contributed by atoms with Crippen molar-refractivity contribution in [2.45, 2.75) is 19.6 Å². The van der Waals surface area contributed by atoms with Crippen LogP contribution in [-0.4, -0.2) is 28.1 Å². The number of aromatic nitrogens is 2. The molecule has 1 aromatic carbocycles. The van der Waals surface area contributed by atoms with E-state index >= 15 is 0 Å². The number of benzene rings is 1. The Morgan fingerprint density at radius 2 is 1.35 bits per heavy atom. The molecule has 0 spiro atoms. The zero-order valence-electron chi connectivity index (χ0n) is 14.5. The molecule has 3 heterocycles. The Labute approximate surface area is 153 Å². The van der Waals surface area contributed by atoms with Gasteiger partial charge in [-0.3, -0.25) is 14.9 Å². The molecule has 5 heteroatoms. The highest BCUT2D eigenvalue weighted by molar-refractivity contribution is 5.43. The highest BCUT2D eigenvalue weighted by Gasteiger charge is 2.14. The van der Waals surface area contributed by atoms with E-state index in [2.05, 4.69) is 39.1 Å². The molecule has 0 unspecified atom stereocenters. The quantitative estimate of drug-likeness (QED) is 0.683. The van der Waals surface area contributed by atoms with E-state index in [9.17, 15) is 0 Å². The summed E-state index contributed by atoms with van der Waals surface area (Å²) in [5.41, 5.74) is 3.57. The third-order valence-corrected chi connectivity index (χ3v) is 4.27. The fourth-order valence-corrected chi connectivity index (χ4v) is 3.11. The van der Waals surface area contributed by atoms with Crippen LogP contribution in [-0.2, 0) is 19.6 Å². The van der Waals surface area contributed by atoms with E-state index in [1.807, 2.05) is 30.6 Å². The van der Waals surface area contributed by atoms with Gasteiger partial charge in [-0.15, -0.1) is 0 Å². The fraction of sp³-hybridized carbons (Fsp3) is 0.238. The first-order valence-electron chi connectivity index (χ1n) is 8.75. The Bertz CT molecular complexity index is 799. The lowest BCUT2D eigenvalue weighted by molar-refractivity contribution is 0.171. The molecule has 0 saturated heterocycles. The van der Waals surface area contributed by atoms with E-state index in [0.717, 1.165) is 31.1 Å². The molecule has 2 aromatic heterocycles. The summed E-state index contributed by atoms with van der Waals surface area (Å²) in [5.74, 6) is 1.66. The van der Waals surface area contributed by atoms with Gasteiger partial charge < -0.3 is 9.47 Å². The monoisotopic (exact) mass is 347 g/mol. The maximum atomic E-state index is 5.72. The zero-order chi connectivity index (χ0) is 17.6. The summed E-state index contributed by atoms with van der Waals surface area (Å²) in [6.07, 6.45) is 7.44. The highest BCUT2D eigenvalue weighted by atomic mass is 16.6. The van der Waals surface area contributed by atoms with Crippen molar-refractivity contribution in [3.8, 4) is 11.5 Å². The molecule has 0 saturated carbocycles. The SMILES string of the molecule is c1cncc(CN(Cc2cccnc2)Cc2ccc3c(c2)OCCO3)c1. The van der Waals surface area contributed by atoms with E-state index in [4.69, 9.17) is 9.47 Å². The van der Waals surface area contributed by atoms with Crippen LogP contribution >= 0.6 is 0 Å². The number of nitrogens with zero attached hydrogens (tertiary/aromatic N) is 3. The lowest BCUT2D eigenvalue weighted by Gasteiger charge is -2.24. The molecule has 1 aliphatic heterocycles. The summed E-state index contributed by atoms with van der Waals surface area (Å²) in [5, 5.41) is 0. The van der Waals surface area contributed by atoms with Crippen molar-refractivity contribution in [1.82, 2.24) is 14.9 Å². The van der Waals surface area contributed by atoms with Crippen LogP contribution in [0.4, 0.5) is 0 Å². The molecule has 3 aromatic rings. The fourth-order valence-electron chi connectivity index (χ4n) is 3.11. The Balaban J connectivity index is 1.54. The van der Waals surface area contributed by atoms with Crippen LogP contribution in [0.2, 0.25) is 0 Å². The number of rotatable bonds is 6. The van der Waals surface area contributed by atoms with Crippen molar-refractivity contribution in [2.75, 3.05) is 13.2 Å². The first kappa shape index (κ1) is 16.5. The van der Waals surface area contributed by atoms with Crippen molar-refractivity contribution >= 4 is 0 Å². The van der Waals surface area contributed by atoms with Gasteiger partial charge in [0.2, 0.25) is 0 Å². The second kappa shape index (κ2) is 7.97. The molecule has 0 amide bonds. The molecule has 0 bridgehead atoms. The van der Waals surface area contributed by atoms with E-state index in [1.165, 1.54) is 16.7 Å². The van der Waals surface area contributed by atoms with Gasteiger partial charge in [0.05, 0.1) is 0 Å². The molecular weight excluding hydrogens is 326 g/mol. The molecule has 0 N–H and O–H groups in total. The van der Waals surface area contributed by atoms with Crippen LogP contribution < -0.4 is 9.47 Å². The Kier molecular flexibility index (Phi) is 5.07. The average molecular weight is 347 g/mol. The minimum atomic E-state index is 0.603. The smallest absolute Gasteiger partial charge is 0.161 e. The Hall–Kier alpha value is -2.92. The summed E-state index contributed by atoms with van der Waals surface area (Å²) >= 11 is 0. The summed E-state index contributed by atoms with van der Waals surface area (Å²) in [6.45, 7) is 3.65. The van der Waals surface area contributed by atoms with Gasteiger partial charge in [0.1, 0.15) is 13.2 Å². The third kappa shape index (κ3) is 4.18. The van der Waals surface area contributed by atoms with Gasteiger partial charge in [-0.25, -0.2) is 0 Å². The minimum absolute atomic E-state index is 0.603. The first-order chi connectivity index (χ1) is 12.9. The van der Waals surface area contributed by atoms with Crippen molar-refractivity contribution in [2.24, 2.45) is 0 Å². The zero-order valence-corrected chi connectivity index (χ0v) is 14.5. The average Bonchev–Trinajstić information content (AvgIpc) is 2.69. The van der Waals surface area contributed by atoms with Crippen LogP contribution in [0.1, 0.15) is 16.7 Å². The Morgan fingerprint density at radius 3 is 1.96 bits per heavy atom. The molecule has 132 valence electrons. The molecule has 4 rings (SSSR count). The molecule has 0 radical (unpaired) electrons. The standard InChI is InChI=1S/C21H21N3O2/c1-3-18(12-22-7-1)15-24(16-19-4-2-8-23-13-19)14-17-5-6-20-21(11-17)26-10-9-25-20/h1-8,11-13H,9-10,14-16H2. The van der Waals surface area contributed by atoms with Gasteiger partial charge in [-0.05, 0) is 41.0 Å². The number of hydrogen-bond acceptors (Lipinski definition) is 5. The lowest BCUT2D eigenvalue weighted by Crippen LogP contribution is -2.23. The molecule has 1 aliphatic rings. The largest absolute Gasteiger partial charge is 0.486 e. The number of ether oxygens (including phenoxy) is 2. The van der Waals surface area contributed by atoms with Crippen LogP contribution in [0.3, 0.4) is 0 Å². The van der Waals surface area contributed by atoms with E-state index in [0.29, 0.717) is 13.2 Å². The third-order valence-electron chi connectivity index (χ3n) is 4.27. The van der Waals surface area contributed by atoms with Crippen LogP contribution in [0, 0.1) is 0 Å². The van der Waals surface area contributed by atoms with Crippen molar-refractivity contribution in [3.05, 3.63) is 83.9 Å². The second-order valence-corrected chi connectivity index (χ2v) is 6.35. The van der Waals surface area contributed by atoms with Gasteiger partial charge in [0.25, 0.3) is 0 Å². The van der Waals surface area contributed by atoms with Gasteiger partial charge in [0.15, 0.2) is 11.5 Å². The highest BCUT2D eigenvalue weighted by Crippen LogP contribution is 2.31.